The predicted octanol–water partition coefficient (Wildman–Crippen LogP) is 4.34. The third-order valence-corrected chi connectivity index (χ3v) is 5.38. The normalized spacial score (nSPS) is 11.7. The number of hydrogen-bond acceptors (Lipinski definition) is 5. The molecule has 5 aromatic rings. The molecule has 3 aromatic heterocycles. The van der Waals surface area contributed by atoms with Crippen LogP contribution in [0, 0.1) is 0 Å². The summed E-state index contributed by atoms with van der Waals surface area (Å²) >= 11 is 0. The molecule has 0 saturated carbocycles. The number of hydrogen-bond donors (Lipinski definition) is 2. The molecule has 0 saturated heterocycles. The van der Waals surface area contributed by atoms with Gasteiger partial charge in [0.2, 0.25) is 5.95 Å². The van der Waals surface area contributed by atoms with Gasteiger partial charge in [0.25, 0.3) is 5.56 Å². The summed E-state index contributed by atoms with van der Waals surface area (Å²) in [5, 5.41) is 13.0. The first-order chi connectivity index (χ1) is 15.9. The molecule has 8 nitrogen and oxygen atoms in total. The fourth-order valence-electron chi connectivity index (χ4n) is 3.76. The Morgan fingerprint density at radius 1 is 1.00 bits per heavy atom. The maximum Gasteiger partial charge on any atom is 0.263 e. The molecule has 0 bridgehead atoms. The maximum atomic E-state index is 12.6. The molecule has 0 radical (unpaired) electrons. The Morgan fingerprint density at radius 3 is 2.39 bits per heavy atom. The first-order valence-electron chi connectivity index (χ1n) is 10.8. The highest BCUT2D eigenvalue weighted by molar-refractivity contribution is 5.74. The van der Waals surface area contributed by atoms with Crippen molar-refractivity contribution in [2.24, 2.45) is 0 Å². The summed E-state index contributed by atoms with van der Waals surface area (Å²) in [6.07, 6.45) is 3.56. The Kier molecular flexibility index (Phi) is 5.05. The second-order valence-electron chi connectivity index (χ2n) is 8.88. The number of aromatic amines is 1. The Morgan fingerprint density at radius 2 is 1.70 bits per heavy atom. The van der Waals surface area contributed by atoms with Crippen LogP contribution in [0.2, 0.25) is 0 Å². The SMILES string of the molecule is CC(C)(C)n1ncc2c(=O)[nH]c(NCc3cn(-c4ccccc4)nc3-c3ccccc3)nc21. The standard InChI is InChI=1S/C25H25N7O/c1-25(2,3)32-22-20(15-27-32)23(33)29-24(28-22)26-14-18-16-31(19-12-8-5-9-13-19)30-21(18)17-10-6-4-7-11-17/h4-13,15-16H,14H2,1-3H3,(H2,26,28,29,33). The number of nitrogens with one attached hydrogen (secondary N) is 2. The molecule has 0 spiro atoms. The van der Waals surface area contributed by atoms with Gasteiger partial charge in [-0.05, 0) is 32.9 Å². The molecule has 2 N–H and O–H groups in total. The molecule has 166 valence electrons. The fraction of sp³-hybridized carbons (Fsp3) is 0.200. The third kappa shape index (κ3) is 4.03. The summed E-state index contributed by atoms with van der Waals surface area (Å²) < 4.78 is 3.64. The molecule has 0 aliphatic rings. The van der Waals surface area contributed by atoms with Crippen molar-refractivity contribution in [1.82, 2.24) is 29.5 Å². The number of anilines is 1. The largest absolute Gasteiger partial charge is 0.351 e. The Labute approximate surface area is 190 Å². The maximum absolute atomic E-state index is 12.6. The summed E-state index contributed by atoms with van der Waals surface area (Å²) in [6, 6.07) is 20.0. The third-order valence-electron chi connectivity index (χ3n) is 5.38. The van der Waals surface area contributed by atoms with E-state index in [4.69, 9.17) is 5.10 Å². The molecule has 3 heterocycles. The zero-order valence-corrected chi connectivity index (χ0v) is 18.8. The molecule has 0 aliphatic carbocycles. The van der Waals surface area contributed by atoms with E-state index in [1.165, 1.54) is 0 Å². The molecule has 2 aromatic carbocycles. The number of aromatic nitrogens is 6. The van der Waals surface area contributed by atoms with Crippen LogP contribution >= 0.6 is 0 Å². The monoisotopic (exact) mass is 439 g/mol. The number of H-pyrrole nitrogens is 1. The van der Waals surface area contributed by atoms with Crippen LogP contribution in [-0.2, 0) is 12.1 Å². The summed E-state index contributed by atoms with van der Waals surface area (Å²) in [6.45, 7) is 6.52. The lowest BCUT2D eigenvalue weighted by Gasteiger charge is -2.19. The lowest BCUT2D eigenvalue weighted by Crippen LogP contribution is -2.24. The van der Waals surface area contributed by atoms with Crippen LogP contribution in [0.4, 0.5) is 5.95 Å². The Hall–Kier alpha value is -4.20. The van der Waals surface area contributed by atoms with Crippen molar-refractivity contribution >= 4 is 17.0 Å². The quantitative estimate of drug-likeness (QED) is 0.425. The molecule has 5 rings (SSSR count). The highest BCUT2D eigenvalue weighted by atomic mass is 16.1. The molecule has 8 heteroatoms. The van der Waals surface area contributed by atoms with Crippen LogP contribution in [0.15, 0.2) is 77.9 Å². The number of benzene rings is 2. The molecule has 33 heavy (non-hydrogen) atoms. The summed E-state index contributed by atoms with van der Waals surface area (Å²) in [5.74, 6) is 0.393. The lowest BCUT2D eigenvalue weighted by atomic mass is 10.1. The van der Waals surface area contributed by atoms with Crippen LogP contribution < -0.4 is 10.9 Å². The van der Waals surface area contributed by atoms with Crippen molar-refractivity contribution in [3.05, 3.63) is 89.0 Å². The first kappa shape index (κ1) is 20.7. The summed E-state index contributed by atoms with van der Waals surface area (Å²) in [5.41, 5.74) is 3.89. The molecule has 0 atom stereocenters. The van der Waals surface area contributed by atoms with E-state index in [9.17, 15) is 4.79 Å². The average molecular weight is 440 g/mol. The van der Waals surface area contributed by atoms with Crippen molar-refractivity contribution < 1.29 is 0 Å². The molecule has 0 unspecified atom stereocenters. The molecular formula is C25H25N7O. The van der Waals surface area contributed by atoms with Gasteiger partial charge in [-0.1, -0.05) is 48.5 Å². The highest BCUT2D eigenvalue weighted by Gasteiger charge is 2.20. The van der Waals surface area contributed by atoms with Gasteiger partial charge in [-0.25, -0.2) is 9.36 Å². The van der Waals surface area contributed by atoms with E-state index >= 15 is 0 Å². The second kappa shape index (κ2) is 8.05. The van der Waals surface area contributed by atoms with Crippen molar-refractivity contribution in [2.75, 3.05) is 5.32 Å². The highest BCUT2D eigenvalue weighted by Crippen LogP contribution is 2.24. The van der Waals surface area contributed by atoms with Gasteiger partial charge in [0.05, 0.1) is 23.1 Å². The second-order valence-corrected chi connectivity index (χ2v) is 8.88. The van der Waals surface area contributed by atoms with Gasteiger partial charge in [-0.2, -0.15) is 15.2 Å². The van der Waals surface area contributed by atoms with Crippen LogP contribution in [-0.4, -0.2) is 29.5 Å². The summed E-state index contributed by atoms with van der Waals surface area (Å²) in [4.78, 5) is 20.1. The van der Waals surface area contributed by atoms with Crippen LogP contribution in [0.1, 0.15) is 26.3 Å². The Balaban J connectivity index is 1.51. The van der Waals surface area contributed by atoms with Crippen molar-refractivity contribution in [3.63, 3.8) is 0 Å². The van der Waals surface area contributed by atoms with Gasteiger partial charge in [-0.3, -0.25) is 9.78 Å². The summed E-state index contributed by atoms with van der Waals surface area (Å²) in [7, 11) is 0. The number of rotatable bonds is 5. The fourth-order valence-corrected chi connectivity index (χ4v) is 3.76. The van der Waals surface area contributed by atoms with Gasteiger partial charge in [0.15, 0.2) is 5.65 Å². The Bertz CT molecular complexity index is 1460. The van der Waals surface area contributed by atoms with E-state index in [2.05, 4.69) is 20.4 Å². The zero-order chi connectivity index (χ0) is 23.0. The van der Waals surface area contributed by atoms with Gasteiger partial charge in [-0.15, -0.1) is 0 Å². The van der Waals surface area contributed by atoms with Gasteiger partial charge < -0.3 is 5.32 Å². The number of fused-ring (bicyclic) bond motifs is 1. The molecule has 0 fully saturated rings. The van der Waals surface area contributed by atoms with Gasteiger partial charge >= 0.3 is 0 Å². The van der Waals surface area contributed by atoms with E-state index in [-0.39, 0.29) is 11.1 Å². The van der Waals surface area contributed by atoms with Crippen molar-refractivity contribution in [2.45, 2.75) is 32.9 Å². The smallest absolute Gasteiger partial charge is 0.263 e. The van der Waals surface area contributed by atoms with Crippen LogP contribution in [0.3, 0.4) is 0 Å². The van der Waals surface area contributed by atoms with Gasteiger partial charge in [0.1, 0.15) is 5.39 Å². The van der Waals surface area contributed by atoms with E-state index in [0.717, 1.165) is 22.5 Å². The first-order valence-corrected chi connectivity index (χ1v) is 10.8. The van der Waals surface area contributed by atoms with E-state index in [1.807, 2.05) is 92.3 Å². The zero-order valence-electron chi connectivity index (χ0n) is 18.8. The number of nitrogens with zero attached hydrogens (tertiary/aromatic N) is 5. The number of para-hydroxylation sites is 1. The van der Waals surface area contributed by atoms with E-state index in [1.54, 1.807) is 10.9 Å². The minimum absolute atomic E-state index is 0.221. The van der Waals surface area contributed by atoms with Crippen LogP contribution in [0.5, 0.6) is 0 Å². The molecule has 0 aliphatic heterocycles. The van der Waals surface area contributed by atoms with Crippen molar-refractivity contribution in [1.29, 1.82) is 0 Å². The molecule has 0 amide bonds. The van der Waals surface area contributed by atoms with Crippen molar-refractivity contribution in [3.8, 4) is 16.9 Å². The topological polar surface area (TPSA) is 93.4 Å². The van der Waals surface area contributed by atoms with E-state index in [0.29, 0.717) is 23.5 Å². The van der Waals surface area contributed by atoms with E-state index < -0.39 is 0 Å². The van der Waals surface area contributed by atoms with Crippen LogP contribution in [0.25, 0.3) is 28.0 Å². The predicted molar refractivity (Wildman–Crippen MR) is 129 cm³/mol. The average Bonchev–Trinajstić information content (AvgIpc) is 3.44. The van der Waals surface area contributed by atoms with Gasteiger partial charge in [0, 0.05) is 23.9 Å². The molecular weight excluding hydrogens is 414 g/mol. The lowest BCUT2D eigenvalue weighted by molar-refractivity contribution is 0.366. The minimum Gasteiger partial charge on any atom is -0.351 e. The minimum atomic E-state index is -0.295.